The van der Waals surface area contributed by atoms with Gasteiger partial charge in [-0.05, 0) is 42.8 Å². The van der Waals surface area contributed by atoms with E-state index in [-0.39, 0.29) is 24.1 Å². The third-order valence-electron chi connectivity index (χ3n) is 3.14. The molecule has 0 saturated carbocycles. The zero-order valence-corrected chi connectivity index (χ0v) is 14.4. The monoisotopic (exact) mass is 347 g/mol. The van der Waals surface area contributed by atoms with Crippen LogP contribution in [0.4, 0.5) is 5.82 Å². The summed E-state index contributed by atoms with van der Waals surface area (Å²) in [5.41, 5.74) is 1.12. The molecule has 0 aliphatic carbocycles. The van der Waals surface area contributed by atoms with Gasteiger partial charge in [-0.25, -0.2) is 4.98 Å². The number of hydrogen-bond acceptors (Lipinski definition) is 4. The van der Waals surface area contributed by atoms with Crippen molar-refractivity contribution in [1.29, 1.82) is 0 Å². The maximum absolute atomic E-state index is 12.0. The van der Waals surface area contributed by atoms with Crippen LogP contribution in [-0.2, 0) is 4.79 Å². The molecule has 7 heteroatoms. The van der Waals surface area contributed by atoms with Crippen LogP contribution in [0.3, 0.4) is 0 Å². The van der Waals surface area contributed by atoms with E-state index in [1.54, 1.807) is 50.5 Å². The lowest BCUT2D eigenvalue weighted by Gasteiger charge is -2.11. The molecule has 0 unspecified atom stereocenters. The standard InChI is InChI=1S/C17H18ClN3O3/c1-11-9-12(7-8-13(11)18)24-10-16(22)20-15-6-4-5-14(19-15)17(23)21(2)3/h4-9H,10H2,1-3H3,(H,19,20,22). The second kappa shape index (κ2) is 7.79. The Kier molecular flexibility index (Phi) is 5.76. The predicted octanol–water partition coefficient (Wildman–Crippen LogP) is 2.76. The zero-order chi connectivity index (χ0) is 17.7. The fourth-order valence-corrected chi connectivity index (χ4v) is 2.00. The molecule has 2 aromatic rings. The van der Waals surface area contributed by atoms with Crippen LogP contribution in [-0.4, -0.2) is 42.4 Å². The number of ether oxygens (including phenoxy) is 1. The van der Waals surface area contributed by atoms with Gasteiger partial charge in [0.15, 0.2) is 6.61 Å². The van der Waals surface area contributed by atoms with Crippen molar-refractivity contribution < 1.29 is 14.3 Å². The topological polar surface area (TPSA) is 71.5 Å². The zero-order valence-electron chi connectivity index (χ0n) is 13.7. The Morgan fingerprint density at radius 3 is 2.67 bits per heavy atom. The van der Waals surface area contributed by atoms with E-state index < -0.39 is 0 Å². The largest absolute Gasteiger partial charge is 0.484 e. The predicted molar refractivity (Wildman–Crippen MR) is 92.6 cm³/mol. The second-order valence-corrected chi connectivity index (χ2v) is 5.76. The van der Waals surface area contributed by atoms with Gasteiger partial charge >= 0.3 is 0 Å². The number of halogens is 1. The number of aromatic nitrogens is 1. The maximum Gasteiger partial charge on any atom is 0.272 e. The number of amides is 2. The summed E-state index contributed by atoms with van der Waals surface area (Å²) in [5, 5.41) is 3.24. The minimum Gasteiger partial charge on any atom is -0.484 e. The van der Waals surface area contributed by atoms with Gasteiger partial charge in [-0.15, -0.1) is 0 Å². The molecule has 126 valence electrons. The third kappa shape index (κ3) is 4.70. The van der Waals surface area contributed by atoms with Crippen LogP contribution in [0.2, 0.25) is 5.02 Å². The Morgan fingerprint density at radius 1 is 1.25 bits per heavy atom. The molecule has 0 fully saturated rings. The van der Waals surface area contributed by atoms with Gasteiger partial charge in [-0.3, -0.25) is 9.59 Å². The van der Waals surface area contributed by atoms with E-state index in [0.717, 1.165) is 5.56 Å². The van der Waals surface area contributed by atoms with Crippen LogP contribution in [0.25, 0.3) is 0 Å². The molecule has 2 amide bonds. The third-order valence-corrected chi connectivity index (χ3v) is 3.57. The second-order valence-electron chi connectivity index (χ2n) is 5.36. The summed E-state index contributed by atoms with van der Waals surface area (Å²) in [6.45, 7) is 1.68. The van der Waals surface area contributed by atoms with Crippen molar-refractivity contribution in [3.63, 3.8) is 0 Å². The summed E-state index contributed by atoms with van der Waals surface area (Å²) < 4.78 is 5.42. The Morgan fingerprint density at radius 2 is 2.00 bits per heavy atom. The van der Waals surface area contributed by atoms with Crippen LogP contribution in [0.1, 0.15) is 16.1 Å². The van der Waals surface area contributed by atoms with E-state index in [0.29, 0.717) is 16.6 Å². The van der Waals surface area contributed by atoms with E-state index in [9.17, 15) is 9.59 Å². The van der Waals surface area contributed by atoms with Gasteiger partial charge in [0, 0.05) is 19.1 Å². The van der Waals surface area contributed by atoms with Crippen molar-refractivity contribution in [2.24, 2.45) is 0 Å². The number of anilines is 1. The fourth-order valence-electron chi connectivity index (χ4n) is 1.89. The minimum atomic E-state index is -0.371. The average molecular weight is 348 g/mol. The molecule has 24 heavy (non-hydrogen) atoms. The normalized spacial score (nSPS) is 10.2. The SMILES string of the molecule is Cc1cc(OCC(=O)Nc2cccc(C(=O)N(C)C)n2)ccc1Cl. The van der Waals surface area contributed by atoms with Crippen molar-refractivity contribution >= 4 is 29.2 Å². The lowest BCUT2D eigenvalue weighted by molar-refractivity contribution is -0.118. The van der Waals surface area contributed by atoms with E-state index >= 15 is 0 Å². The van der Waals surface area contributed by atoms with E-state index in [1.807, 2.05) is 6.92 Å². The molecule has 1 heterocycles. The summed E-state index contributed by atoms with van der Waals surface area (Å²) in [6.07, 6.45) is 0. The maximum atomic E-state index is 12.0. The molecule has 0 atom stereocenters. The Labute approximate surface area is 145 Å². The molecule has 1 aromatic heterocycles. The average Bonchev–Trinajstić information content (AvgIpc) is 2.55. The van der Waals surface area contributed by atoms with Crippen molar-refractivity contribution in [3.05, 3.63) is 52.7 Å². The van der Waals surface area contributed by atoms with Crippen molar-refractivity contribution in [1.82, 2.24) is 9.88 Å². The summed E-state index contributed by atoms with van der Waals surface area (Å²) in [6, 6.07) is 10.0. The molecular weight excluding hydrogens is 330 g/mol. The van der Waals surface area contributed by atoms with Gasteiger partial charge in [-0.2, -0.15) is 0 Å². The first kappa shape index (κ1) is 17.7. The first-order valence-electron chi connectivity index (χ1n) is 7.24. The molecule has 0 bridgehead atoms. The highest BCUT2D eigenvalue weighted by Gasteiger charge is 2.11. The summed E-state index contributed by atoms with van der Waals surface area (Å²) in [7, 11) is 3.27. The molecule has 0 aliphatic heterocycles. The summed E-state index contributed by atoms with van der Waals surface area (Å²) >= 11 is 5.94. The number of nitrogens with zero attached hydrogens (tertiary/aromatic N) is 2. The van der Waals surface area contributed by atoms with E-state index in [2.05, 4.69) is 10.3 Å². The molecule has 0 aliphatic rings. The molecule has 2 rings (SSSR count). The van der Waals surface area contributed by atoms with Crippen LogP contribution in [0.15, 0.2) is 36.4 Å². The molecular formula is C17H18ClN3O3. The van der Waals surface area contributed by atoms with Gasteiger partial charge in [0.2, 0.25) is 0 Å². The first-order chi connectivity index (χ1) is 11.4. The highest BCUT2D eigenvalue weighted by molar-refractivity contribution is 6.31. The minimum absolute atomic E-state index is 0.172. The molecule has 1 aromatic carbocycles. The lowest BCUT2D eigenvalue weighted by atomic mass is 10.2. The number of aryl methyl sites for hydroxylation is 1. The number of hydrogen-bond donors (Lipinski definition) is 1. The summed E-state index contributed by atoms with van der Waals surface area (Å²) in [4.78, 5) is 29.4. The Hall–Kier alpha value is -2.60. The number of nitrogens with one attached hydrogen (secondary N) is 1. The van der Waals surface area contributed by atoms with Gasteiger partial charge in [-0.1, -0.05) is 17.7 Å². The molecule has 0 saturated heterocycles. The van der Waals surface area contributed by atoms with Crippen LogP contribution in [0.5, 0.6) is 5.75 Å². The van der Waals surface area contributed by atoms with Crippen LogP contribution < -0.4 is 10.1 Å². The number of carbonyl (C=O) groups is 2. The number of benzene rings is 1. The van der Waals surface area contributed by atoms with Gasteiger partial charge in [0.1, 0.15) is 17.3 Å². The van der Waals surface area contributed by atoms with Gasteiger partial charge in [0.05, 0.1) is 0 Å². The van der Waals surface area contributed by atoms with Gasteiger partial charge < -0.3 is 15.0 Å². The first-order valence-corrected chi connectivity index (χ1v) is 7.62. The van der Waals surface area contributed by atoms with Crippen LogP contribution in [0, 0.1) is 6.92 Å². The molecule has 0 spiro atoms. The number of pyridine rings is 1. The number of rotatable bonds is 5. The smallest absolute Gasteiger partial charge is 0.272 e. The number of carbonyl (C=O) groups excluding carboxylic acids is 2. The lowest BCUT2D eigenvalue weighted by Crippen LogP contribution is -2.24. The van der Waals surface area contributed by atoms with E-state index in [1.165, 1.54) is 4.90 Å². The molecule has 0 radical (unpaired) electrons. The van der Waals surface area contributed by atoms with Crippen molar-refractivity contribution in [3.8, 4) is 5.75 Å². The summed E-state index contributed by atoms with van der Waals surface area (Å²) in [5.74, 6) is 0.240. The fraction of sp³-hybridized carbons (Fsp3) is 0.235. The van der Waals surface area contributed by atoms with Crippen LogP contribution >= 0.6 is 11.6 Å². The Bertz CT molecular complexity index is 762. The Balaban J connectivity index is 1.96. The molecule has 1 N–H and O–H groups in total. The van der Waals surface area contributed by atoms with Crippen molar-refractivity contribution in [2.45, 2.75) is 6.92 Å². The molecule has 6 nitrogen and oxygen atoms in total. The highest BCUT2D eigenvalue weighted by Crippen LogP contribution is 2.21. The van der Waals surface area contributed by atoms with Crippen molar-refractivity contribution in [2.75, 3.05) is 26.0 Å². The van der Waals surface area contributed by atoms with E-state index in [4.69, 9.17) is 16.3 Å². The quantitative estimate of drug-likeness (QED) is 0.902. The highest BCUT2D eigenvalue weighted by atomic mass is 35.5. The van der Waals surface area contributed by atoms with Gasteiger partial charge in [0.25, 0.3) is 11.8 Å².